The van der Waals surface area contributed by atoms with Gasteiger partial charge in [-0.05, 0) is 12.8 Å². The van der Waals surface area contributed by atoms with E-state index in [1.54, 1.807) is 0 Å². The molecule has 0 aromatic heterocycles. The summed E-state index contributed by atoms with van der Waals surface area (Å²) in [6, 6.07) is 0. The Labute approximate surface area is 307 Å². The number of hydrogen-bond acceptors (Lipinski definition) is 4. The highest BCUT2D eigenvalue weighted by atomic mass is 16.5. The van der Waals surface area contributed by atoms with Crippen LogP contribution < -0.4 is 0 Å². The van der Waals surface area contributed by atoms with Crippen molar-refractivity contribution in [3.63, 3.8) is 0 Å². The number of carbonyl (C=O) groups is 2. The van der Waals surface area contributed by atoms with E-state index in [4.69, 9.17) is 9.47 Å². The van der Waals surface area contributed by atoms with Gasteiger partial charge in [0.25, 0.3) is 0 Å². The Bertz CT molecular complexity index is 688. The van der Waals surface area contributed by atoms with Gasteiger partial charge in [0.1, 0.15) is 0 Å². The first-order chi connectivity index (χ1) is 23.9. The molecule has 0 amide bonds. The predicted octanol–water partition coefficient (Wildman–Crippen LogP) is 15.2. The summed E-state index contributed by atoms with van der Waals surface area (Å²) in [7, 11) is 0. The van der Waals surface area contributed by atoms with E-state index in [2.05, 4.69) is 13.8 Å². The van der Waals surface area contributed by atoms with E-state index in [1.807, 2.05) is 13.8 Å². The van der Waals surface area contributed by atoms with E-state index in [-0.39, 0.29) is 17.4 Å². The molecule has 4 heteroatoms. The predicted molar refractivity (Wildman–Crippen MR) is 213 cm³/mol. The van der Waals surface area contributed by atoms with Gasteiger partial charge < -0.3 is 9.47 Å². The fraction of sp³-hybridized carbons (Fsp3) is 0.956. The number of hydrogen-bond donors (Lipinski definition) is 0. The molecule has 0 heterocycles. The van der Waals surface area contributed by atoms with Crippen molar-refractivity contribution in [2.24, 2.45) is 5.41 Å². The van der Waals surface area contributed by atoms with E-state index >= 15 is 0 Å². The van der Waals surface area contributed by atoms with Crippen molar-refractivity contribution < 1.29 is 19.1 Å². The molecule has 0 aliphatic rings. The summed E-state index contributed by atoms with van der Waals surface area (Å²) >= 11 is 0. The lowest BCUT2D eigenvalue weighted by atomic mass is 9.96. The minimum Gasteiger partial charge on any atom is -0.465 e. The molecule has 0 bridgehead atoms. The van der Waals surface area contributed by atoms with Gasteiger partial charge >= 0.3 is 11.9 Å². The van der Waals surface area contributed by atoms with Gasteiger partial charge in [-0.1, -0.05) is 233 Å². The van der Waals surface area contributed by atoms with Crippen molar-refractivity contribution in [1.82, 2.24) is 0 Å². The average molecular weight is 693 g/mol. The fourth-order valence-corrected chi connectivity index (χ4v) is 6.73. The van der Waals surface area contributed by atoms with Crippen LogP contribution in [-0.2, 0) is 19.1 Å². The van der Waals surface area contributed by atoms with Crippen LogP contribution in [0.2, 0.25) is 0 Å². The van der Waals surface area contributed by atoms with Crippen molar-refractivity contribution in [3.8, 4) is 0 Å². The summed E-state index contributed by atoms with van der Waals surface area (Å²) < 4.78 is 11.1. The van der Waals surface area contributed by atoms with Gasteiger partial charge in [-0.15, -0.1) is 0 Å². The first kappa shape index (κ1) is 47.9. The van der Waals surface area contributed by atoms with Crippen molar-refractivity contribution in [1.29, 1.82) is 0 Å². The van der Waals surface area contributed by atoms with Gasteiger partial charge in [-0.3, -0.25) is 9.59 Å². The van der Waals surface area contributed by atoms with E-state index in [0.29, 0.717) is 26.1 Å². The van der Waals surface area contributed by atoms with Gasteiger partial charge in [0.15, 0.2) is 0 Å². The maximum Gasteiger partial charge on any atom is 0.305 e. The SMILES string of the molecule is CCCCCCCCCCCCCCCCCCCCCCC(=O)OCC(C)(C)COC(=O)CCCCCCCCCCCCCCCC. The minimum absolute atomic E-state index is 0.121. The third-order valence-electron chi connectivity index (χ3n) is 10.2. The van der Waals surface area contributed by atoms with Crippen LogP contribution >= 0.6 is 0 Å². The molecule has 292 valence electrons. The normalized spacial score (nSPS) is 11.7. The topological polar surface area (TPSA) is 52.6 Å². The molecule has 0 saturated heterocycles. The molecular weight excluding hydrogens is 604 g/mol. The summed E-state index contributed by atoms with van der Waals surface area (Å²) in [5.74, 6) is -0.244. The Balaban J connectivity index is 3.46. The monoisotopic (exact) mass is 693 g/mol. The van der Waals surface area contributed by atoms with Gasteiger partial charge in [0.05, 0.1) is 13.2 Å². The summed E-state index contributed by atoms with van der Waals surface area (Å²) in [5.41, 5.74) is -0.353. The maximum absolute atomic E-state index is 12.2. The van der Waals surface area contributed by atoms with Crippen LogP contribution in [0.4, 0.5) is 0 Å². The molecule has 0 fully saturated rings. The van der Waals surface area contributed by atoms with Crippen LogP contribution in [0.5, 0.6) is 0 Å². The number of ether oxygens (including phenoxy) is 2. The zero-order valence-corrected chi connectivity index (χ0v) is 34.0. The molecule has 0 N–H and O–H groups in total. The lowest BCUT2D eigenvalue weighted by molar-refractivity contribution is -0.152. The third kappa shape index (κ3) is 39.6. The smallest absolute Gasteiger partial charge is 0.305 e. The van der Waals surface area contributed by atoms with Crippen LogP contribution in [-0.4, -0.2) is 25.2 Å². The molecule has 4 nitrogen and oxygen atoms in total. The molecule has 0 spiro atoms. The van der Waals surface area contributed by atoms with E-state index < -0.39 is 0 Å². The number of carbonyl (C=O) groups excluding carboxylic acids is 2. The zero-order chi connectivity index (χ0) is 35.9. The van der Waals surface area contributed by atoms with Gasteiger partial charge in [-0.25, -0.2) is 0 Å². The lowest BCUT2D eigenvalue weighted by Gasteiger charge is -2.23. The first-order valence-electron chi connectivity index (χ1n) is 22.2. The number of rotatable bonds is 40. The van der Waals surface area contributed by atoms with Crippen molar-refractivity contribution >= 4 is 11.9 Å². The number of unbranched alkanes of at least 4 members (excludes halogenated alkanes) is 32. The molecular formula is C45H88O4. The zero-order valence-electron chi connectivity index (χ0n) is 34.0. The molecule has 0 radical (unpaired) electrons. The Hall–Kier alpha value is -1.06. The Morgan fingerprint density at radius 3 is 0.714 bits per heavy atom. The Morgan fingerprint density at radius 2 is 0.510 bits per heavy atom. The second-order valence-corrected chi connectivity index (χ2v) is 16.3. The molecule has 0 unspecified atom stereocenters. The largest absolute Gasteiger partial charge is 0.465 e. The fourth-order valence-electron chi connectivity index (χ4n) is 6.73. The van der Waals surface area contributed by atoms with Crippen LogP contribution in [0.1, 0.15) is 259 Å². The standard InChI is InChI=1S/C45H88O4/c1-5-7-9-11-13-15-17-19-21-22-23-24-25-26-28-30-32-34-36-38-40-44(47)49-42-45(3,4)41-48-43(46)39-37-35-33-31-29-27-20-18-16-14-12-10-8-6-2/h5-42H2,1-4H3. The van der Waals surface area contributed by atoms with Crippen molar-refractivity contribution in [3.05, 3.63) is 0 Å². The molecule has 49 heavy (non-hydrogen) atoms. The van der Waals surface area contributed by atoms with Gasteiger partial charge in [0.2, 0.25) is 0 Å². The van der Waals surface area contributed by atoms with Gasteiger partial charge in [0, 0.05) is 18.3 Å². The lowest BCUT2D eigenvalue weighted by Crippen LogP contribution is -2.28. The average Bonchev–Trinajstić information content (AvgIpc) is 3.09. The third-order valence-corrected chi connectivity index (χ3v) is 10.2. The van der Waals surface area contributed by atoms with E-state index in [9.17, 15) is 9.59 Å². The quantitative estimate of drug-likeness (QED) is 0.0474. The summed E-state index contributed by atoms with van der Waals surface area (Å²) in [5, 5.41) is 0. The maximum atomic E-state index is 12.2. The van der Waals surface area contributed by atoms with Crippen LogP contribution in [0.15, 0.2) is 0 Å². The molecule has 0 rings (SSSR count). The molecule has 0 saturated carbocycles. The van der Waals surface area contributed by atoms with E-state index in [1.165, 1.54) is 193 Å². The minimum atomic E-state index is -0.353. The molecule has 0 aromatic rings. The van der Waals surface area contributed by atoms with E-state index in [0.717, 1.165) is 25.7 Å². The molecule has 0 atom stereocenters. The van der Waals surface area contributed by atoms with Crippen LogP contribution in [0.3, 0.4) is 0 Å². The highest BCUT2D eigenvalue weighted by molar-refractivity contribution is 5.69. The highest BCUT2D eigenvalue weighted by Crippen LogP contribution is 2.19. The summed E-state index contributed by atoms with van der Waals surface area (Å²) in [4.78, 5) is 24.5. The van der Waals surface area contributed by atoms with Crippen LogP contribution in [0.25, 0.3) is 0 Å². The summed E-state index contributed by atoms with van der Waals surface area (Å²) in [6.07, 6.45) is 46.5. The van der Waals surface area contributed by atoms with Gasteiger partial charge in [-0.2, -0.15) is 0 Å². The Morgan fingerprint density at radius 1 is 0.327 bits per heavy atom. The van der Waals surface area contributed by atoms with Crippen LogP contribution in [0, 0.1) is 5.41 Å². The second kappa shape index (κ2) is 38.2. The molecule has 0 aliphatic carbocycles. The number of esters is 2. The highest BCUT2D eigenvalue weighted by Gasteiger charge is 2.22. The van der Waals surface area contributed by atoms with Crippen molar-refractivity contribution in [2.75, 3.05) is 13.2 Å². The second-order valence-electron chi connectivity index (χ2n) is 16.3. The summed E-state index contributed by atoms with van der Waals surface area (Å²) in [6.45, 7) is 9.17. The molecule has 0 aromatic carbocycles. The molecule has 0 aliphatic heterocycles. The first-order valence-corrected chi connectivity index (χ1v) is 22.2. The van der Waals surface area contributed by atoms with Crippen molar-refractivity contribution in [2.45, 2.75) is 259 Å². The Kier molecular flexibility index (Phi) is 37.4.